The first-order valence-electron chi connectivity index (χ1n) is 9.79. The predicted molar refractivity (Wildman–Crippen MR) is 105 cm³/mol. The van der Waals surface area contributed by atoms with Gasteiger partial charge in [-0.25, -0.2) is 4.39 Å². The van der Waals surface area contributed by atoms with Crippen LogP contribution in [-0.2, 0) is 14.3 Å². The molecule has 0 unspecified atom stereocenters. The summed E-state index contributed by atoms with van der Waals surface area (Å²) in [6.45, 7) is 1.87. The molecule has 0 bridgehead atoms. The van der Waals surface area contributed by atoms with Crippen molar-refractivity contribution in [2.24, 2.45) is 0 Å². The Bertz CT molecular complexity index is 881. The van der Waals surface area contributed by atoms with Gasteiger partial charge in [0.15, 0.2) is 0 Å². The van der Waals surface area contributed by atoms with Gasteiger partial charge >= 0.3 is 0 Å². The maximum Gasteiger partial charge on any atom is 0.254 e. The molecule has 0 radical (unpaired) electrons. The Morgan fingerprint density at radius 1 is 1.07 bits per heavy atom. The van der Waals surface area contributed by atoms with Gasteiger partial charge in [0.25, 0.3) is 11.8 Å². The largest absolute Gasteiger partial charge is 0.370 e. The van der Waals surface area contributed by atoms with E-state index in [0.29, 0.717) is 44.0 Å². The molecule has 2 heterocycles. The molecule has 29 heavy (non-hydrogen) atoms. The Kier molecular flexibility index (Phi) is 5.87. The minimum absolute atomic E-state index is 0.131. The zero-order valence-electron chi connectivity index (χ0n) is 16.0. The van der Waals surface area contributed by atoms with Crippen LogP contribution in [0.25, 0.3) is 0 Å². The van der Waals surface area contributed by atoms with E-state index in [1.807, 2.05) is 0 Å². The van der Waals surface area contributed by atoms with Gasteiger partial charge < -0.3 is 19.7 Å². The zero-order valence-corrected chi connectivity index (χ0v) is 16.0. The predicted octanol–water partition coefficient (Wildman–Crippen LogP) is 3.16. The molecule has 0 aromatic heterocycles. The normalized spacial score (nSPS) is 21.8. The maximum absolute atomic E-state index is 13.2. The van der Waals surface area contributed by atoms with Gasteiger partial charge in [-0.2, -0.15) is 0 Å². The smallest absolute Gasteiger partial charge is 0.254 e. The summed E-state index contributed by atoms with van der Waals surface area (Å²) in [6.07, 6.45) is 0.868. The number of ether oxygens (including phenoxy) is 2. The number of carbonyl (C=O) groups is 2. The van der Waals surface area contributed by atoms with Gasteiger partial charge in [0.2, 0.25) is 0 Å². The van der Waals surface area contributed by atoms with E-state index in [9.17, 15) is 14.0 Å². The summed E-state index contributed by atoms with van der Waals surface area (Å²) in [5.74, 6) is -0.622. The lowest BCUT2D eigenvalue weighted by Crippen LogP contribution is -2.42. The van der Waals surface area contributed by atoms with Gasteiger partial charge in [0.05, 0.1) is 13.2 Å². The molecule has 0 aliphatic carbocycles. The summed E-state index contributed by atoms with van der Waals surface area (Å²) in [5, 5.41) is 2.83. The van der Waals surface area contributed by atoms with E-state index in [-0.39, 0.29) is 23.7 Å². The number of amides is 2. The lowest BCUT2D eigenvalue weighted by molar-refractivity contribution is -0.124. The van der Waals surface area contributed by atoms with Gasteiger partial charge in [-0.15, -0.1) is 0 Å². The monoisotopic (exact) mass is 398 g/mol. The number of rotatable bonds is 4. The second-order valence-corrected chi connectivity index (χ2v) is 7.23. The molecular weight excluding hydrogens is 375 g/mol. The average Bonchev–Trinajstić information content (AvgIpc) is 3.29. The highest BCUT2D eigenvalue weighted by molar-refractivity contribution is 5.98. The second kappa shape index (κ2) is 8.71. The highest BCUT2D eigenvalue weighted by atomic mass is 19.1. The molecule has 2 aromatic rings. The van der Waals surface area contributed by atoms with Crippen LogP contribution >= 0.6 is 0 Å². The highest BCUT2D eigenvalue weighted by Gasteiger charge is 2.27. The first-order chi connectivity index (χ1) is 14.1. The van der Waals surface area contributed by atoms with Crippen molar-refractivity contribution in [1.82, 2.24) is 4.90 Å². The van der Waals surface area contributed by atoms with Crippen molar-refractivity contribution in [3.05, 3.63) is 65.5 Å². The summed E-state index contributed by atoms with van der Waals surface area (Å²) in [7, 11) is 0. The van der Waals surface area contributed by atoms with Crippen molar-refractivity contribution in [3.8, 4) is 0 Å². The Morgan fingerprint density at radius 3 is 2.66 bits per heavy atom. The maximum atomic E-state index is 13.2. The van der Waals surface area contributed by atoms with Crippen LogP contribution in [0.15, 0.2) is 48.5 Å². The fraction of sp³-hybridized carbons (Fsp3) is 0.364. The van der Waals surface area contributed by atoms with Gasteiger partial charge in [-0.05, 0) is 48.7 Å². The van der Waals surface area contributed by atoms with Crippen molar-refractivity contribution in [2.75, 3.05) is 31.6 Å². The van der Waals surface area contributed by atoms with E-state index in [1.165, 1.54) is 12.1 Å². The van der Waals surface area contributed by atoms with Crippen LogP contribution in [0.1, 0.15) is 34.9 Å². The Hall–Kier alpha value is -2.77. The summed E-state index contributed by atoms with van der Waals surface area (Å²) in [4.78, 5) is 27.0. The van der Waals surface area contributed by atoms with E-state index in [0.717, 1.165) is 12.0 Å². The molecule has 2 atom stereocenters. The van der Waals surface area contributed by atoms with E-state index < -0.39 is 6.10 Å². The third-order valence-corrected chi connectivity index (χ3v) is 5.19. The first-order valence-corrected chi connectivity index (χ1v) is 9.79. The molecule has 4 rings (SSSR count). The molecule has 2 aromatic carbocycles. The lowest BCUT2D eigenvalue weighted by atomic mass is 10.1. The number of morpholine rings is 1. The van der Waals surface area contributed by atoms with Crippen molar-refractivity contribution in [1.29, 1.82) is 0 Å². The molecule has 1 N–H and O–H groups in total. The number of benzene rings is 2. The Labute approximate surface area is 168 Å². The number of anilines is 1. The number of carbonyl (C=O) groups excluding carboxylic acids is 2. The molecule has 0 spiro atoms. The summed E-state index contributed by atoms with van der Waals surface area (Å²) < 4.78 is 24.3. The molecule has 7 heteroatoms. The molecule has 2 aliphatic heterocycles. The van der Waals surface area contributed by atoms with Crippen molar-refractivity contribution in [3.63, 3.8) is 0 Å². The van der Waals surface area contributed by atoms with Crippen molar-refractivity contribution >= 4 is 17.5 Å². The zero-order chi connectivity index (χ0) is 20.2. The standard InChI is InChI=1S/C22H23FN2O4/c23-17-8-6-15(7-9-17)20-14-25(10-12-29-20)22(27)16-3-1-4-18(13-16)24-21(26)19-5-2-11-28-19/h1,3-4,6-9,13,19-20H,2,5,10-12,14H2,(H,24,26)/t19-,20+/m0/s1. The number of nitrogens with zero attached hydrogens (tertiary/aromatic N) is 1. The number of hydrogen-bond donors (Lipinski definition) is 1. The number of nitrogens with one attached hydrogen (secondary N) is 1. The van der Waals surface area contributed by atoms with Crippen LogP contribution < -0.4 is 5.32 Å². The SMILES string of the molecule is O=C(Nc1cccc(C(=O)N2CCO[C@@H](c3ccc(F)cc3)C2)c1)[C@@H]1CCCO1. The summed E-state index contributed by atoms with van der Waals surface area (Å²) >= 11 is 0. The molecule has 2 saturated heterocycles. The van der Waals surface area contributed by atoms with E-state index in [1.54, 1.807) is 41.3 Å². The highest BCUT2D eigenvalue weighted by Crippen LogP contribution is 2.24. The van der Waals surface area contributed by atoms with Crippen LogP contribution in [0.4, 0.5) is 10.1 Å². The van der Waals surface area contributed by atoms with Gasteiger partial charge in [-0.1, -0.05) is 18.2 Å². The van der Waals surface area contributed by atoms with Gasteiger partial charge in [-0.3, -0.25) is 9.59 Å². The topological polar surface area (TPSA) is 67.9 Å². The first kappa shape index (κ1) is 19.5. The average molecular weight is 398 g/mol. The fourth-order valence-corrected chi connectivity index (χ4v) is 3.63. The van der Waals surface area contributed by atoms with Crippen molar-refractivity contribution < 1.29 is 23.5 Å². The molecule has 0 saturated carbocycles. The number of hydrogen-bond acceptors (Lipinski definition) is 4. The second-order valence-electron chi connectivity index (χ2n) is 7.23. The van der Waals surface area contributed by atoms with Crippen LogP contribution in [-0.4, -0.2) is 49.1 Å². The third-order valence-electron chi connectivity index (χ3n) is 5.19. The summed E-state index contributed by atoms with van der Waals surface area (Å²) in [6, 6.07) is 13.0. The van der Waals surface area contributed by atoms with Crippen LogP contribution in [0.3, 0.4) is 0 Å². The Morgan fingerprint density at radius 2 is 1.90 bits per heavy atom. The van der Waals surface area contributed by atoms with Crippen LogP contribution in [0.2, 0.25) is 0 Å². The Balaban J connectivity index is 1.43. The van der Waals surface area contributed by atoms with Gasteiger partial charge in [0.1, 0.15) is 18.0 Å². The molecule has 152 valence electrons. The molecule has 2 aliphatic rings. The molecule has 2 fully saturated rings. The number of halogens is 1. The van der Waals surface area contributed by atoms with Crippen LogP contribution in [0.5, 0.6) is 0 Å². The fourth-order valence-electron chi connectivity index (χ4n) is 3.63. The minimum atomic E-state index is -0.426. The van der Waals surface area contributed by atoms with E-state index >= 15 is 0 Å². The van der Waals surface area contributed by atoms with E-state index in [2.05, 4.69) is 5.32 Å². The quantitative estimate of drug-likeness (QED) is 0.859. The minimum Gasteiger partial charge on any atom is -0.370 e. The van der Waals surface area contributed by atoms with E-state index in [4.69, 9.17) is 9.47 Å². The summed E-state index contributed by atoms with van der Waals surface area (Å²) in [5.41, 5.74) is 1.90. The lowest BCUT2D eigenvalue weighted by Gasteiger charge is -2.33. The molecular formula is C22H23FN2O4. The molecule has 6 nitrogen and oxygen atoms in total. The molecule has 2 amide bonds. The van der Waals surface area contributed by atoms with Crippen LogP contribution in [0, 0.1) is 5.82 Å². The van der Waals surface area contributed by atoms with Gasteiger partial charge in [0, 0.05) is 24.4 Å². The third kappa shape index (κ3) is 4.63. The van der Waals surface area contributed by atoms with Crippen molar-refractivity contribution in [2.45, 2.75) is 25.0 Å².